The van der Waals surface area contributed by atoms with E-state index >= 15 is 0 Å². The first-order valence-corrected chi connectivity index (χ1v) is 4.40. The summed E-state index contributed by atoms with van der Waals surface area (Å²) in [6.45, 7) is 1.99. The lowest BCUT2D eigenvalue weighted by atomic mass is 10.3. The van der Waals surface area contributed by atoms with Gasteiger partial charge in [0.15, 0.2) is 0 Å². The highest BCUT2D eigenvalue weighted by molar-refractivity contribution is 9.10. The molecule has 0 unspecified atom stereocenters. The van der Waals surface area contributed by atoms with Crippen molar-refractivity contribution in [2.45, 2.75) is 6.92 Å². The highest BCUT2D eigenvalue weighted by atomic mass is 79.9. The number of carbonyl (C=O) groups excluding carboxylic acids is 1. The van der Waals surface area contributed by atoms with E-state index in [0.717, 1.165) is 6.26 Å². The van der Waals surface area contributed by atoms with Gasteiger partial charge in [-0.15, -0.1) is 0 Å². The van der Waals surface area contributed by atoms with Crippen LogP contribution in [0.25, 0.3) is 0 Å². The second-order valence-corrected chi connectivity index (χ2v) is 3.05. The average Bonchev–Trinajstić information content (AvgIpc) is 2.10. The summed E-state index contributed by atoms with van der Waals surface area (Å²) in [5.41, 5.74) is -0.304. The summed E-state index contributed by atoms with van der Waals surface area (Å²) in [5.74, 6) is -0.507. The maximum Gasteiger partial charge on any atom is 0.350 e. The number of carbonyl (C=O) groups is 1. The lowest BCUT2D eigenvalue weighted by Gasteiger charge is -1.99. The van der Waals surface area contributed by atoms with Crippen LogP contribution in [0.5, 0.6) is 0 Å². The predicted octanol–water partition coefficient (Wildman–Crippen LogP) is 1.58. The molecule has 1 aromatic heterocycles. The Labute approximate surface area is 82.6 Å². The standard InChI is InChI=1S/C8H7BrO4/c1-2-12-7(10)5-3-6(9)8(11)13-4-5/h3-4H,2H2,1H3. The first kappa shape index (κ1) is 9.98. The van der Waals surface area contributed by atoms with E-state index in [4.69, 9.17) is 4.74 Å². The summed E-state index contributed by atoms with van der Waals surface area (Å²) in [6.07, 6.45) is 1.07. The van der Waals surface area contributed by atoms with Gasteiger partial charge in [0, 0.05) is 0 Å². The molecule has 1 aromatic rings. The average molecular weight is 247 g/mol. The Balaban J connectivity index is 2.97. The maximum absolute atomic E-state index is 11.1. The van der Waals surface area contributed by atoms with Crippen LogP contribution in [0.2, 0.25) is 0 Å². The van der Waals surface area contributed by atoms with Crippen molar-refractivity contribution in [1.29, 1.82) is 0 Å². The third-order valence-corrected chi connectivity index (χ3v) is 1.83. The zero-order valence-corrected chi connectivity index (χ0v) is 8.46. The van der Waals surface area contributed by atoms with Crippen molar-refractivity contribution in [2.24, 2.45) is 0 Å². The molecular formula is C8H7BrO4. The lowest BCUT2D eigenvalue weighted by molar-refractivity contribution is 0.0523. The van der Waals surface area contributed by atoms with Gasteiger partial charge in [-0.25, -0.2) is 9.59 Å². The fourth-order valence-electron chi connectivity index (χ4n) is 0.724. The molecule has 0 radical (unpaired) electrons. The summed E-state index contributed by atoms with van der Waals surface area (Å²) in [4.78, 5) is 21.9. The number of hydrogen-bond acceptors (Lipinski definition) is 4. The highest BCUT2D eigenvalue weighted by Crippen LogP contribution is 2.07. The summed E-state index contributed by atoms with van der Waals surface area (Å²) >= 11 is 2.95. The Kier molecular flexibility index (Phi) is 3.25. The molecule has 4 nitrogen and oxygen atoms in total. The molecule has 0 saturated carbocycles. The summed E-state index contributed by atoms with van der Waals surface area (Å²) in [7, 11) is 0. The number of hydrogen-bond donors (Lipinski definition) is 0. The van der Waals surface area contributed by atoms with Gasteiger partial charge in [0.1, 0.15) is 10.7 Å². The van der Waals surface area contributed by atoms with Crippen LogP contribution in [0.4, 0.5) is 0 Å². The van der Waals surface area contributed by atoms with Gasteiger partial charge in [0.05, 0.1) is 12.2 Å². The van der Waals surface area contributed by atoms with Gasteiger partial charge < -0.3 is 9.15 Å². The molecule has 0 aliphatic carbocycles. The monoisotopic (exact) mass is 246 g/mol. The van der Waals surface area contributed by atoms with Gasteiger partial charge in [-0.3, -0.25) is 0 Å². The van der Waals surface area contributed by atoms with Gasteiger partial charge in [0.25, 0.3) is 0 Å². The van der Waals surface area contributed by atoms with Crippen molar-refractivity contribution in [3.8, 4) is 0 Å². The van der Waals surface area contributed by atoms with Crippen molar-refractivity contribution >= 4 is 21.9 Å². The summed E-state index contributed by atoms with van der Waals surface area (Å²) < 4.78 is 9.46. The zero-order chi connectivity index (χ0) is 9.84. The van der Waals surface area contributed by atoms with E-state index in [1.165, 1.54) is 6.07 Å². The van der Waals surface area contributed by atoms with Crippen molar-refractivity contribution in [1.82, 2.24) is 0 Å². The minimum absolute atomic E-state index is 0.207. The van der Waals surface area contributed by atoms with Crippen LogP contribution < -0.4 is 5.63 Å². The van der Waals surface area contributed by atoms with Crippen LogP contribution in [0.3, 0.4) is 0 Å². The predicted molar refractivity (Wildman–Crippen MR) is 48.6 cm³/mol. The molecule has 0 N–H and O–H groups in total. The van der Waals surface area contributed by atoms with Crippen molar-refractivity contribution < 1.29 is 13.9 Å². The highest BCUT2D eigenvalue weighted by Gasteiger charge is 2.09. The van der Waals surface area contributed by atoms with Gasteiger partial charge in [-0.1, -0.05) is 0 Å². The van der Waals surface area contributed by atoms with Gasteiger partial charge in [0.2, 0.25) is 0 Å². The van der Waals surface area contributed by atoms with E-state index < -0.39 is 11.6 Å². The van der Waals surface area contributed by atoms with Crippen LogP contribution in [0.15, 0.2) is 26.0 Å². The fraction of sp³-hybridized carbons (Fsp3) is 0.250. The third kappa shape index (κ3) is 2.42. The SMILES string of the molecule is CCOC(=O)c1coc(=O)c(Br)c1. The van der Waals surface area contributed by atoms with Crippen molar-refractivity contribution in [3.63, 3.8) is 0 Å². The third-order valence-electron chi connectivity index (χ3n) is 1.28. The van der Waals surface area contributed by atoms with Crippen LogP contribution in [-0.4, -0.2) is 12.6 Å². The molecule has 0 amide bonds. The lowest BCUT2D eigenvalue weighted by Crippen LogP contribution is -2.07. The van der Waals surface area contributed by atoms with E-state index in [1.807, 2.05) is 0 Å². The molecule has 0 spiro atoms. The maximum atomic E-state index is 11.1. The van der Waals surface area contributed by atoms with E-state index in [1.54, 1.807) is 6.92 Å². The molecule has 0 bridgehead atoms. The van der Waals surface area contributed by atoms with Gasteiger partial charge in [-0.2, -0.15) is 0 Å². The Morgan fingerprint density at radius 3 is 2.92 bits per heavy atom. The van der Waals surface area contributed by atoms with Crippen LogP contribution >= 0.6 is 15.9 Å². The number of rotatable bonds is 2. The van der Waals surface area contributed by atoms with E-state index in [9.17, 15) is 9.59 Å². The molecule has 70 valence electrons. The number of halogens is 1. The molecule has 0 aliphatic rings. The normalized spacial score (nSPS) is 9.69. The minimum Gasteiger partial charge on any atom is -0.462 e. The largest absolute Gasteiger partial charge is 0.462 e. The molecule has 5 heteroatoms. The Morgan fingerprint density at radius 1 is 1.69 bits per heavy atom. The Hall–Kier alpha value is -1.10. The summed E-state index contributed by atoms with van der Waals surface area (Å²) in [6, 6.07) is 1.36. The van der Waals surface area contributed by atoms with Gasteiger partial charge in [-0.05, 0) is 28.9 Å². The molecule has 1 heterocycles. The fourth-order valence-corrected chi connectivity index (χ4v) is 1.06. The first-order valence-electron chi connectivity index (χ1n) is 3.60. The smallest absolute Gasteiger partial charge is 0.350 e. The van der Waals surface area contributed by atoms with E-state index in [0.29, 0.717) is 0 Å². The number of esters is 1. The topological polar surface area (TPSA) is 56.5 Å². The van der Waals surface area contributed by atoms with Crippen molar-refractivity contribution in [2.75, 3.05) is 6.61 Å². The van der Waals surface area contributed by atoms with Crippen LogP contribution in [0, 0.1) is 0 Å². The van der Waals surface area contributed by atoms with Crippen LogP contribution in [0.1, 0.15) is 17.3 Å². The van der Waals surface area contributed by atoms with Crippen molar-refractivity contribution in [3.05, 3.63) is 32.8 Å². The van der Waals surface area contributed by atoms with Gasteiger partial charge >= 0.3 is 11.6 Å². The van der Waals surface area contributed by atoms with E-state index in [-0.39, 0.29) is 16.6 Å². The molecular weight excluding hydrogens is 240 g/mol. The molecule has 0 fully saturated rings. The number of ether oxygens (including phenoxy) is 1. The quantitative estimate of drug-likeness (QED) is 0.744. The second-order valence-electron chi connectivity index (χ2n) is 2.19. The first-order chi connectivity index (χ1) is 6.15. The Morgan fingerprint density at radius 2 is 2.38 bits per heavy atom. The second kappa shape index (κ2) is 4.23. The molecule has 0 saturated heterocycles. The summed E-state index contributed by atoms with van der Waals surface area (Å²) in [5, 5.41) is 0. The Bertz CT molecular complexity index is 369. The molecule has 0 aliphatic heterocycles. The minimum atomic E-state index is -0.520. The van der Waals surface area contributed by atoms with E-state index in [2.05, 4.69) is 20.3 Å². The molecule has 1 rings (SSSR count). The van der Waals surface area contributed by atoms with Crippen LogP contribution in [-0.2, 0) is 4.74 Å². The molecule has 0 aromatic carbocycles. The zero-order valence-electron chi connectivity index (χ0n) is 6.87. The molecule has 13 heavy (non-hydrogen) atoms. The molecule has 0 atom stereocenters.